The van der Waals surface area contributed by atoms with Gasteiger partial charge in [-0.15, -0.1) is 0 Å². The Morgan fingerprint density at radius 2 is 2.00 bits per heavy atom. The molecule has 26 heavy (non-hydrogen) atoms. The van der Waals surface area contributed by atoms with Gasteiger partial charge in [0.05, 0.1) is 18.1 Å². The number of ether oxygens (including phenoxy) is 3. The normalized spacial score (nSPS) is 51.7. The summed E-state index contributed by atoms with van der Waals surface area (Å²) in [5.41, 5.74) is 0.410. The van der Waals surface area contributed by atoms with Crippen molar-refractivity contribution in [3.63, 3.8) is 0 Å². The molecule has 0 N–H and O–H groups in total. The van der Waals surface area contributed by atoms with Gasteiger partial charge in [0, 0.05) is 19.1 Å². The van der Waals surface area contributed by atoms with E-state index in [0.29, 0.717) is 23.4 Å². The van der Waals surface area contributed by atoms with Gasteiger partial charge in [-0.1, -0.05) is 6.92 Å². The van der Waals surface area contributed by atoms with E-state index in [4.69, 9.17) is 14.2 Å². The number of fused-ring (bicyclic) bond motifs is 3. The SMILES string of the molecule is CCOC1CC2CC(C)CC(CCOC3C4CC5C(=O)OC3C5C4)(C2)C1. The second-order valence-corrected chi connectivity index (χ2v) is 10.1. The third-order valence-corrected chi connectivity index (χ3v) is 8.25. The first kappa shape index (κ1) is 17.5. The van der Waals surface area contributed by atoms with E-state index in [2.05, 4.69) is 13.8 Å². The standard InChI is InChI=1S/C22H34O4/c1-3-24-16-7-14-6-13(2)10-22(11-14,12-16)4-5-25-19-15-8-17-18(9-15)21(23)26-20(17)19/h13-20H,3-12H2,1-2H3. The molecule has 4 aliphatic carbocycles. The number of rotatable bonds is 6. The third-order valence-electron chi connectivity index (χ3n) is 8.25. The lowest BCUT2D eigenvalue weighted by Crippen LogP contribution is -2.43. The topological polar surface area (TPSA) is 44.8 Å². The second-order valence-electron chi connectivity index (χ2n) is 10.1. The van der Waals surface area contributed by atoms with E-state index in [0.717, 1.165) is 44.3 Å². The number of esters is 1. The Kier molecular flexibility index (Phi) is 4.36. The van der Waals surface area contributed by atoms with Crippen LogP contribution in [0.4, 0.5) is 0 Å². The lowest BCUT2D eigenvalue weighted by atomic mass is 9.57. The van der Waals surface area contributed by atoms with Crippen molar-refractivity contribution in [2.75, 3.05) is 13.2 Å². The molecule has 4 nitrogen and oxygen atoms in total. The van der Waals surface area contributed by atoms with Crippen LogP contribution in [0.5, 0.6) is 0 Å². The van der Waals surface area contributed by atoms with Gasteiger partial charge in [-0.05, 0) is 81.5 Å². The van der Waals surface area contributed by atoms with Crippen LogP contribution in [0.2, 0.25) is 0 Å². The first-order valence-electron chi connectivity index (χ1n) is 11.0. The van der Waals surface area contributed by atoms with Gasteiger partial charge in [-0.3, -0.25) is 4.79 Å². The van der Waals surface area contributed by atoms with Crippen molar-refractivity contribution >= 4 is 5.97 Å². The molecule has 9 atom stereocenters. The van der Waals surface area contributed by atoms with Crippen LogP contribution in [-0.4, -0.2) is 37.5 Å². The van der Waals surface area contributed by atoms with E-state index in [-0.39, 0.29) is 24.1 Å². The van der Waals surface area contributed by atoms with E-state index in [1.165, 1.54) is 32.1 Å². The van der Waals surface area contributed by atoms with Crippen molar-refractivity contribution in [1.82, 2.24) is 0 Å². The molecule has 5 rings (SSSR count). The zero-order valence-electron chi connectivity index (χ0n) is 16.3. The summed E-state index contributed by atoms with van der Waals surface area (Å²) in [5.74, 6) is 2.90. The fourth-order valence-corrected chi connectivity index (χ4v) is 7.67. The molecule has 1 saturated heterocycles. The molecule has 5 aliphatic rings. The Bertz CT molecular complexity index is 558. The van der Waals surface area contributed by atoms with Crippen molar-refractivity contribution < 1.29 is 19.0 Å². The highest BCUT2D eigenvalue weighted by atomic mass is 16.6. The van der Waals surface area contributed by atoms with Crippen LogP contribution in [0.25, 0.3) is 0 Å². The lowest BCUT2D eigenvalue weighted by Gasteiger charge is -2.50. The molecular weight excluding hydrogens is 328 g/mol. The quantitative estimate of drug-likeness (QED) is 0.671. The fourth-order valence-electron chi connectivity index (χ4n) is 7.67. The molecule has 5 fully saturated rings. The van der Waals surface area contributed by atoms with Gasteiger partial charge in [0.15, 0.2) is 0 Å². The lowest BCUT2D eigenvalue weighted by molar-refractivity contribution is -0.148. The average Bonchev–Trinajstić information content (AvgIpc) is 3.18. The Morgan fingerprint density at radius 3 is 2.85 bits per heavy atom. The first-order chi connectivity index (χ1) is 12.6. The summed E-state index contributed by atoms with van der Waals surface area (Å²) in [4.78, 5) is 11.9. The molecule has 9 unspecified atom stereocenters. The largest absolute Gasteiger partial charge is 0.459 e. The minimum absolute atomic E-state index is 0.0444. The molecule has 4 saturated carbocycles. The molecule has 0 radical (unpaired) electrons. The zero-order valence-corrected chi connectivity index (χ0v) is 16.3. The van der Waals surface area contributed by atoms with Gasteiger partial charge in [0.1, 0.15) is 6.10 Å². The molecule has 0 amide bonds. The predicted molar refractivity (Wildman–Crippen MR) is 97.5 cm³/mol. The molecule has 146 valence electrons. The molecule has 4 heteroatoms. The van der Waals surface area contributed by atoms with Crippen LogP contribution in [0.15, 0.2) is 0 Å². The van der Waals surface area contributed by atoms with Gasteiger partial charge >= 0.3 is 5.97 Å². The fraction of sp³-hybridized carbons (Fsp3) is 0.955. The maximum Gasteiger partial charge on any atom is 0.309 e. The predicted octanol–water partition coefficient (Wildman–Crippen LogP) is 3.96. The van der Waals surface area contributed by atoms with Crippen LogP contribution in [0.3, 0.4) is 0 Å². The summed E-state index contributed by atoms with van der Waals surface area (Å²) in [7, 11) is 0. The van der Waals surface area contributed by atoms with Crippen molar-refractivity contribution in [3.05, 3.63) is 0 Å². The van der Waals surface area contributed by atoms with Crippen molar-refractivity contribution in [2.24, 2.45) is 35.0 Å². The zero-order chi connectivity index (χ0) is 17.9. The molecule has 1 heterocycles. The van der Waals surface area contributed by atoms with E-state index >= 15 is 0 Å². The van der Waals surface area contributed by atoms with E-state index < -0.39 is 0 Å². The van der Waals surface area contributed by atoms with Gasteiger partial charge in [0.2, 0.25) is 0 Å². The van der Waals surface area contributed by atoms with E-state index in [9.17, 15) is 4.79 Å². The summed E-state index contributed by atoms with van der Waals surface area (Å²) in [6.45, 7) is 6.20. The van der Waals surface area contributed by atoms with E-state index in [1.54, 1.807) is 0 Å². The molecule has 0 aromatic heterocycles. The summed E-state index contributed by atoms with van der Waals surface area (Å²) < 4.78 is 18.1. The van der Waals surface area contributed by atoms with Gasteiger partial charge < -0.3 is 14.2 Å². The maximum absolute atomic E-state index is 11.9. The first-order valence-corrected chi connectivity index (χ1v) is 11.0. The molecule has 0 aromatic rings. The maximum atomic E-state index is 11.9. The Morgan fingerprint density at radius 1 is 1.12 bits per heavy atom. The van der Waals surface area contributed by atoms with Gasteiger partial charge in [0.25, 0.3) is 0 Å². The minimum Gasteiger partial charge on any atom is -0.459 e. The van der Waals surface area contributed by atoms with Crippen LogP contribution in [0.1, 0.15) is 65.2 Å². The number of carbonyl (C=O) groups excluding carboxylic acids is 1. The van der Waals surface area contributed by atoms with Gasteiger partial charge in [-0.2, -0.15) is 0 Å². The van der Waals surface area contributed by atoms with Crippen molar-refractivity contribution in [1.29, 1.82) is 0 Å². The Balaban J connectivity index is 1.21. The highest BCUT2D eigenvalue weighted by Gasteiger charge is 2.62. The molecule has 0 aromatic carbocycles. The van der Waals surface area contributed by atoms with Crippen molar-refractivity contribution in [2.45, 2.75) is 83.5 Å². The second kappa shape index (κ2) is 6.48. The molecular formula is C22H34O4. The minimum atomic E-state index is 0.0444. The molecule has 1 aliphatic heterocycles. The summed E-state index contributed by atoms with van der Waals surface area (Å²) in [6.07, 6.45) is 10.5. The van der Waals surface area contributed by atoms with Crippen LogP contribution in [0, 0.1) is 35.0 Å². The Hall–Kier alpha value is -0.610. The highest BCUT2D eigenvalue weighted by Crippen LogP contribution is 2.56. The number of hydrogen-bond acceptors (Lipinski definition) is 4. The van der Waals surface area contributed by atoms with E-state index in [1.807, 2.05) is 0 Å². The summed E-state index contributed by atoms with van der Waals surface area (Å²) >= 11 is 0. The van der Waals surface area contributed by atoms with Gasteiger partial charge in [-0.25, -0.2) is 0 Å². The van der Waals surface area contributed by atoms with Crippen LogP contribution in [-0.2, 0) is 19.0 Å². The number of hydrogen-bond donors (Lipinski definition) is 0. The van der Waals surface area contributed by atoms with Crippen molar-refractivity contribution in [3.8, 4) is 0 Å². The summed E-state index contributed by atoms with van der Waals surface area (Å²) in [5, 5.41) is 0. The summed E-state index contributed by atoms with van der Waals surface area (Å²) in [6, 6.07) is 0. The average molecular weight is 363 g/mol. The van der Waals surface area contributed by atoms with Crippen LogP contribution < -0.4 is 0 Å². The monoisotopic (exact) mass is 362 g/mol. The third kappa shape index (κ3) is 2.83. The molecule has 0 spiro atoms. The smallest absolute Gasteiger partial charge is 0.309 e. The number of carbonyl (C=O) groups is 1. The highest BCUT2D eigenvalue weighted by molar-refractivity contribution is 5.76. The Labute approximate surface area is 157 Å². The molecule has 4 bridgehead atoms. The van der Waals surface area contributed by atoms with Crippen LogP contribution >= 0.6 is 0 Å².